The lowest BCUT2D eigenvalue weighted by Gasteiger charge is -2.23. The molecule has 1 aliphatic rings. The number of hydrogen-bond donors (Lipinski definition) is 1. The highest BCUT2D eigenvalue weighted by Gasteiger charge is 2.48. The molecule has 4 rings (SSSR count). The summed E-state index contributed by atoms with van der Waals surface area (Å²) in [5.41, 5.74) is 0.920. The number of ketones is 1. The van der Waals surface area contributed by atoms with Gasteiger partial charge in [-0.05, 0) is 29.8 Å². The van der Waals surface area contributed by atoms with Crippen LogP contribution >= 0.6 is 22.9 Å². The number of para-hydroxylation sites is 1. The largest absolute Gasteiger partial charge is 0.507 e. The third-order valence-electron chi connectivity index (χ3n) is 4.62. The standard InChI is InChI=1S/C21H15ClN2O4S/c1-28-15-5-3-2-4-14(15)18(25)16-17(12-6-8-13(22)9-7-12)24(20(27)19(16)26)21-23-10-11-29-21/h2-11,17,25H,1H3/t17-/m0/s1. The molecule has 0 unspecified atom stereocenters. The first-order chi connectivity index (χ1) is 14.0. The first kappa shape index (κ1) is 19.2. The lowest BCUT2D eigenvalue weighted by atomic mass is 9.95. The normalized spacial score (nSPS) is 18.3. The molecular weight excluding hydrogens is 412 g/mol. The maximum absolute atomic E-state index is 13.0. The van der Waals surface area contributed by atoms with Crippen molar-refractivity contribution >= 4 is 45.5 Å². The number of rotatable bonds is 4. The van der Waals surface area contributed by atoms with E-state index in [4.69, 9.17) is 16.3 Å². The molecule has 1 aliphatic heterocycles. The number of hydrogen-bond acceptors (Lipinski definition) is 6. The van der Waals surface area contributed by atoms with Crippen LogP contribution in [-0.4, -0.2) is 28.9 Å². The maximum atomic E-state index is 13.0. The van der Waals surface area contributed by atoms with Crippen LogP contribution in [0.15, 0.2) is 65.7 Å². The van der Waals surface area contributed by atoms with Gasteiger partial charge in [0.15, 0.2) is 5.13 Å². The van der Waals surface area contributed by atoms with E-state index in [0.29, 0.717) is 27.0 Å². The number of aliphatic hydroxyl groups is 1. The minimum Gasteiger partial charge on any atom is -0.507 e. The highest BCUT2D eigenvalue weighted by molar-refractivity contribution is 7.14. The Balaban J connectivity index is 1.96. The van der Waals surface area contributed by atoms with Crippen molar-refractivity contribution in [3.63, 3.8) is 0 Å². The topological polar surface area (TPSA) is 79.7 Å². The molecule has 1 fully saturated rings. The van der Waals surface area contributed by atoms with Crippen LogP contribution in [0.4, 0.5) is 5.13 Å². The van der Waals surface area contributed by atoms with Crippen molar-refractivity contribution in [1.29, 1.82) is 0 Å². The van der Waals surface area contributed by atoms with Crippen LogP contribution in [0.25, 0.3) is 5.76 Å². The summed E-state index contributed by atoms with van der Waals surface area (Å²) in [5, 5.41) is 13.7. The zero-order valence-corrected chi connectivity index (χ0v) is 16.8. The summed E-state index contributed by atoms with van der Waals surface area (Å²) < 4.78 is 5.31. The van der Waals surface area contributed by atoms with Gasteiger partial charge in [0.2, 0.25) is 0 Å². The second-order valence-electron chi connectivity index (χ2n) is 6.24. The van der Waals surface area contributed by atoms with Gasteiger partial charge in [0.1, 0.15) is 11.5 Å². The second kappa shape index (κ2) is 7.69. The summed E-state index contributed by atoms with van der Waals surface area (Å²) in [6, 6.07) is 12.7. The number of thiazole rings is 1. The number of carbonyl (C=O) groups is 2. The fraction of sp³-hybridized carbons (Fsp3) is 0.0952. The molecule has 0 aliphatic carbocycles. The highest BCUT2D eigenvalue weighted by atomic mass is 35.5. The SMILES string of the molecule is COc1ccccc1C(O)=C1C(=O)C(=O)N(c2nccs2)[C@H]1c1ccc(Cl)cc1. The van der Waals surface area contributed by atoms with Crippen LogP contribution in [-0.2, 0) is 9.59 Å². The fourth-order valence-electron chi connectivity index (χ4n) is 3.31. The molecule has 1 atom stereocenters. The number of aromatic nitrogens is 1. The van der Waals surface area contributed by atoms with Gasteiger partial charge >= 0.3 is 5.91 Å². The molecule has 0 bridgehead atoms. The average Bonchev–Trinajstić information content (AvgIpc) is 3.35. The molecule has 2 aromatic carbocycles. The Labute approximate surface area is 175 Å². The van der Waals surface area contributed by atoms with Gasteiger partial charge in [-0.1, -0.05) is 35.9 Å². The van der Waals surface area contributed by atoms with Crippen molar-refractivity contribution in [2.45, 2.75) is 6.04 Å². The monoisotopic (exact) mass is 426 g/mol. The van der Waals surface area contributed by atoms with E-state index in [9.17, 15) is 14.7 Å². The summed E-state index contributed by atoms with van der Waals surface area (Å²) >= 11 is 7.24. The van der Waals surface area contributed by atoms with Gasteiger partial charge < -0.3 is 9.84 Å². The second-order valence-corrected chi connectivity index (χ2v) is 7.55. The fourth-order valence-corrected chi connectivity index (χ4v) is 4.10. The van der Waals surface area contributed by atoms with Crippen LogP contribution < -0.4 is 9.64 Å². The van der Waals surface area contributed by atoms with E-state index in [1.807, 2.05) is 0 Å². The number of benzene rings is 2. The van der Waals surface area contributed by atoms with Gasteiger partial charge in [-0.2, -0.15) is 0 Å². The van der Waals surface area contributed by atoms with Crippen LogP contribution in [0, 0.1) is 0 Å². The van der Waals surface area contributed by atoms with Crippen molar-refractivity contribution < 1.29 is 19.4 Å². The molecular formula is C21H15ClN2O4S. The third-order valence-corrected chi connectivity index (χ3v) is 5.64. The summed E-state index contributed by atoms with van der Waals surface area (Å²) in [6.45, 7) is 0. The maximum Gasteiger partial charge on any atom is 0.301 e. The van der Waals surface area contributed by atoms with Gasteiger partial charge in [-0.15, -0.1) is 11.3 Å². The van der Waals surface area contributed by atoms with E-state index in [-0.39, 0.29) is 11.3 Å². The number of halogens is 1. The zero-order valence-electron chi connectivity index (χ0n) is 15.2. The third kappa shape index (κ3) is 3.28. The first-order valence-electron chi connectivity index (χ1n) is 8.62. The van der Waals surface area contributed by atoms with Gasteiger partial charge in [-0.25, -0.2) is 4.98 Å². The predicted molar refractivity (Wildman–Crippen MR) is 111 cm³/mol. The summed E-state index contributed by atoms with van der Waals surface area (Å²) in [7, 11) is 1.47. The lowest BCUT2D eigenvalue weighted by molar-refractivity contribution is -0.132. The Morgan fingerprint density at radius 2 is 1.90 bits per heavy atom. The van der Waals surface area contributed by atoms with E-state index in [2.05, 4.69) is 4.98 Å². The molecule has 1 N–H and O–H groups in total. The van der Waals surface area contributed by atoms with Crippen LogP contribution in [0.3, 0.4) is 0 Å². The number of amides is 1. The zero-order chi connectivity index (χ0) is 20.5. The quantitative estimate of drug-likeness (QED) is 0.379. The number of Topliss-reactive ketones (excluding diaryl/α,β-unsaturated/α-hetero) is 1. The Morgan fingerprint density at radius 1 is 1.17 bits per heavy atom. The molecule has 29 heavy (non-hydrogen) atoms. The summed E-state index contributed by atoms with van der Waals surface area (Å²) in [4.78, 5) is 31.4. The van der Waals surface area contributed by atoms with Gasteiger partial charge in [0.25, 0.3) is 5.78 Å². The van der Waals surface area contributed by atoms with E-state index in [1.54, 1.807) is 60.1 Å². The molecule has 0 spiro atoms. The smallest absolute Gasteiger partial charge is 0.301 e. The molecule has 0 radical (unpaired) electrons. The minimum atomic E-state index is -0.844. The van der Waals surface area contributed by atoms with E-state index >= 15 is 0 Å². The lowest BCUT2D eigenvalue weighted by Crippen LogP contribution is -2.29. The predicted octanol–water partition coefficient (Wildman–Crippen LogP) is 4.43. The molecule has 2 heterocycles. The number of methoxy groups -OCH3 is 1. The number of anilines is 1. The molecule has 3 aromatic rings. The van der Waals surface area contributed by atoms with Crippen molar-refractivity contribution in [2.75, 3.05) is 12.0 Å². The average molecular weight is 427 g/mol. The van der Waals surface area contributed by atoms with Crippen LogP contribution in [0.5, 0.6) is 5.75 Å². The number of ether oxygens (including phenoxy) is 1. The van der Waals surface area contributed by atoms with Gasteiger partial charge in [0, 0.05) is 16.6 Å². The van der Waals surface area contributed by atoms with Crippen molar-refractivity contribution in [1.82, 2.24) is 4.98 Å². The van der Waals surface area contributed by atoms with E-state index in [1.165, 1.54) is 23.3 Å². The minimum absolute atomic E-state index is 0.0305. The van der Waals surface area contributed by atoms with E-state index < -0.39 is 17.7 Å². The highest BCUT2D eigenvalue weighted by Crippen LogP contribution is 2.43. The number of carbonyl (C=O) groups excluding carboxylic acids is 2. The van der Waals surface area contributed by atoms with Gasteiger partial charge in [-0.3, -0.25) is 14.5 Å². The molecule has 0 saturated carbocycles. The Bertz CT molecular complexity index is 1110. The van der Waals surface area contributed by atoms with Crippen molar-refractivity contribution in [3.8, 4) is 5.75 Å². The molecule has 146 valence electrons. The molecule has 6 nitrogen and oxygen atoms in total. The molecule has 8 heteroatoms. The Kier molecular flexibility index (Phi) is 5.08. The van der Waals surface area contributed by atoms with Crippen molar-refractivity contribution in [2.24, 2.45) is 0 Å². The summed E-state index contributed by atoms with van der Waals surface area (Å²) in [5.74, 6) is -1.46. The van der Waals surface area contributed by atoms with Crippen molar-refractivity contribution in [3.05, 3.63) is 81.8 Å². The van der Waals surface area contributed by atoms with Gasteiger partial charge in [0.05, 0.1) is 24.3 Å². The number of nitrogens with zero attached hydrogens (tertiary/aromatic N) is 2. The van der Waals surface area contributed by atoms with Crippen LogP contribution in [0.1, 0.15) is 17.2 Å². The number of aliphatic hydroxyl groups excluding tert-OH is 1. The molecule has 1 aromatic heterocycles. The first-order valence-corrected chi connectivity index (χ1v) is 9.88. The Hall–Kier alpha value is -3.16. The van der Waals surface area contributed by atoms with Crippen LogP contribution in [0.2, 0.25) is 5.02 Å². The van der Waals surface area contributed by atoms with E-state index in [0.717, 1.165) is 0 Å². The molecule has 1 saturated heterocycles. The molecule has 1 amide bonds. The Morgan fingerprint density at radius 3 is 2.55 bits per heavy atom. The summed E-state index contributed by atoms with van der Waals surface area (Å²) in [6.07, 6.45) is 1.55.